The first-order chi connectivity index (χ1) is 11.0. The monoisotopic (exact) mass is 322 g/mol. The fraction of sp³-hybridized carbons (Fsp3) is 0.105. The number of rotatable bonds is 1. The predicted molar refractivity (Wildman–Crippen MR) is 96.4 cm³/mol. The smallest absolute Gasteiger partial charge is 0.125 e. The molecule has 0 unspecified atom stereocenters. The molecule has 4 aromatic rings. The van der Waals surface area contributed by atoms with Crippen molar-refractivity contribution >= 4 is 38.0 Å². The van der Waals surface area contributed by atoms with Crippen LogP contribution in [0.5, 0.6) is 0 Å². The number of nitrogen functional groups attached to an aromatic ring is 1. The maximum absolute atomic E-state index is 13.4. The van der Waals surface area contributed by atoms with Gasteiger partial charge in [-0.25, -0.2) is 9.37 Å². The number of benzene rings is 3. The molecule has 2 N–H and O–H groups in total. The van der Waals surface area contributed by atoms with Crippen LogP contribution >= 0.6 is 11.3 Å². The summed E-state index contributed by atoms with van der Waals surface area (Å²) in [5.41, 5.74) is 10.8. The highest BCUT2D eigenvalue weighted by Crippen LogP contribution is 2.37. The molecule has 4 rings (SSSR count). The van der Waals surface area contributed by atoms with Crippen LogP contribution < -0.4 is 5.73 Å². The van der Waals surface area contributed by atoms with Crippen molar-refractivity contribution < 1.29 is 4.39 Å². The molecule has 2 nitrogen and oxygen atoms in total. The molecule has 0 saturated carbocycles. The van der Waals surface area contributed by atoms with Gasteiger partial charge in [-0.3, -0.25) is 0 Å². The fourth-order valence-electron chi connectivity index (χ4n) is 3.11. The summed E-state index contributed by atoms with van der Waals surface area (Å²) in [6.07, 6.45) is 0. The molecular formula is C19H15FN2S. The molecule has 3 aromatic carbocycles. The SMILES string of the molecule is Cc1cc2cc(N)ccc2c(C)c1-c1nc2cc(F)ccc2s1. The zero-order valence-corrected chi connectivity index (χ0v) is 13.7. The lowest BCUT2D eigenvalue weighted by Crippen LogP contribution is -1.91. The van der Waals surface area contributed by atoms with E-state index in [1.54, 1.807) is 17.4 Å². The lowest BCUT2D eigenvalue weighted by Gasteiger charge is -2.11. The number of aryl methyl sites for hydroxylation is 2. The summed E-state index contributed by atoms with van der Waals surface area (Å²) < 4.78 is 14.4. The third-order valence-electron chi connectivity index (χ3n) is 4.18. The Morgan fingerprint density at radius 3 is 2.70 bits per heavy atom. The van der Waals surface area contributed by atoms with Gasteiger partial charge in [0.2, 0.25) is 0 Å². The summed E-state index contributed by atoms with van der Waals surface area (Å²) in [6.45, 7) is 4.19. The molecule has 23 heavy (non-hydrogen) atoms. The Labute approximate surface area is 137 Å². The van der Waals surface area contributed by atoms with Crippen LogP contribution in [0.15, 0.2) is 42.5 Å². The van der Waals surface area contributed by atoms with E-state index < -0.39 is 0 Å². The number of nitrogens with two attached hydrogens (primary N) is 1. The molecule has 0 bridgehead atoms. The minimum absolute atomic E-state index is 0.253. The molecular weight excluding hydrogens is 307 g/mol. The number of nitrogens with zero attached hydrogens (tertiary/aromatic N) is 1. The predicted octanol–water partition coefficient (Wildman–Crippen LogP) is 5.45. The molecule has 0 aliphatic rings. The largest absolute Gasteiger partial charge is 0.399 e. The number of aromatic nitrogens is 1. The van der Waals surface area contributed by atoms with Gasteiger partial charge in [0.05, 0.1) is 10.2 Å². The molecule has 0 saturated heterocycles. The molecule has 4 heteroatoms. The normalized spacial score (nSPS) is 11.4. The van der Waals surface area contributed by atoms with Crippen LogP contribution in [0.3, 0.4) is 0 Å². The summed E-state index contributed by atoms with van der Waals surface area (Å²) in [5.74, 6) is -0.253. The lowest BCUT2D eigenvalue weighted by molar-refractivity contribution is 0.629. The molecule has 0 spiro atoms. The topological polar surface area (TPSA) is 38.9 Å². The maximum Gasteiger partial charge on any atom is 0.125 e. The van der Waals surface area contributed by atoms with Crippen molar-refractivity contribution in [2.75, 3.05) is 5.73 Å². The highest BCUT2D eigenvalue weighted by molar-refractivity contribution is 7.21. The second-order valence-corrected chi connectivity index (χ2v) is 6.84. The van der Waals surface area contributed by atoms with Gasteiger partial charge < -0.3 is 5.73 Å². The Hall–Kier alpha value is -2.46. The summed E-state index contributed by atoms with van der Waals surface area (Å²) >= 11 is 1.60. The lowest BCUT2D eigenvalue weighted by atomic mass is 9.95. The molecule has 0 amide bonds. The van der Waals surface area contributed by atoms with Crippen molar-refractivity contribution in [3.8, 4) is 10.6 Å². The van der Waals surface area contributed by atoms with Crippen molar-refractivity contribution in [1.29, 1.82) is 0 Å². The Morgan fingerprint density at radius 1 is 1.04 bits per heavy atom. The van der Waals surface area contributed by atoms with E-state index in [1.807, 2.05) is 12.1 Å². The Morgan fingerprint density at radius 2 is 1.87 bits per heavy atom. The third-order valence-corrected chi connectivity index (χ3v) is 5.24. The second-order valence-electron chi connectivity index (χ2n) is 5.81. The van der Waals surface area contributed by atoms with Gasteiger partial charge in [-0.2, -0.15) is 0 Å². The van der Waals surface area contributed by atoms with Crippen LogP contribution in [0.1, 0.15) is 11.1 Å². The second kappa shape index (κ2) is 5.03. The molecule has 0 radical (unpaired) electrons. The number of anilines is 1. The number of hydrogen-bond donors (Lipinski definition) is 1. The van der Waals surface area contributed by atoms with Crippen molar-refractivity contribution in [2.45, 2.75) is 13.8 Å². The number of hydrogen-bond acceptors (Lipinski definition) is 3. The van der Waals surface area contributed by atoms with Gasteiger partial charge >= 0.3 is 0 Å². The molecule has 0 aliphatic carbocycles. The van der Waals surface area contributed by atoms with Crippen LogP contribution in [0.4, 0.5) is 10.1 Å². The van der Waals surface area contributed by atoms with Gasteiger partial charge in [0.25, 0.3) is 0 Å². The summed E-state index contributed by atoms with van der Waals surface area (Å²) in [4.78, 5) is 4.64. The van der Waals surface area contributed by atoms with Gasteiger partial charge in [0.15, 0.2) is 0 Å². The van der Waals surface area contributed by atoms with Crippen molar-refractivity contribution in [1.82, 2.24) is 4.98 Å². The van der Waals surface area contributed by atoms with Crippen LogP contribution in [0.2, 0.25) is 0 Å². The summed E-state index contributed by atoms with van der Waals surface area (Å²) in [6, 6.07) is 12.9. The van der Waals surface area contributed by atoms with E-state index in [0.717, 1.165) is 31.9 Å². The zero-order valence-electron chi connectivity index (χ0n) is 12.9. The van der Waals surface area contributed by atoms with Gasteiger partial charge in [-0.1, -0.05) is 12.1 Å². The van der Waals surface area contributed by atoms with Gasteiger partial charge in [-0.05, 0) is 60.0 Å². The van der Waals surface area contributed by atoms with Gasteiger partial charge in [0, 0.05) is 17.3 Å². The standard InChI is InChI=1S/C19H15FN2S/c1-10-7-12-8-14(21)4-5-15(12)11(2)18(10)19-22-16-9-13(20)3-6-17(16)23-19/h3-9H,21H2,1-2H3. The zero-order chi connectivity index (χ0) is 16.1. The van der Waals surface area contributed by atoms with Gasteiger partial charge in [0.1, 0.15) is 10.8 Å². The fourth-order valence-corrected chi connectivity index (χ4v) is 4.23. The highest BCUT2D eigenvalue weighted by atomic mass is 32.1. The molecule has 0 atom stereocenters. The molecule has 1 aromatic heterocycles. The number of fused-ring (bicyclic) bond motifs is 2. The minimum Gasteiger partial charge on any atom is -0.399 e. The maximum atomic E-state index is 13.4. The third kappa shape index (κ3) is 2.26. The summed E-state index contributed by atoms with van der Waals surface area (Å²) in [5, 5.41) is 3.24. The first kappa shape index (κ1) is 14.2. The van der Waals surface area contributed by atoms with E-state index in [2.05, 4.69) is 31.0 Å². The number of thiazole rings is 1. The van der Waals surface area contributed by atoms with E-state index >= 15 is 0 Å². The van der Waals surface area contributed by atoms with Crippen LogP contribution in [-0.2, 0) is 0 Å². The Kier molecular flexibility index (Phi) is 3.10. The van der Waals surface area contributed by atoms with Crippen LogP contribution in [-0.4, -0.2) is 4.98 Å². The average Bonchev–Trinajstić information content (AvgIpc) is 2.89. The van der Waals surface area contributed by atoms with Gasteiger partial charge in [-0.15, -0.1) is 11.3 Å². The van der Waals surface area contributed by atoms with E-state index in [-0.39, 0.29) is 5.82 Å². The van der Waals surface area contributed by atoms with E-state index in [0.29, 0.717) is 5.52 Å². The number of halogens is 1. The molecule has 114 valence electrons. The Balaban J connectivity index is 2.01. The Bertz CT molecular complexity index is 1070. The molecule has 0 aliphatic heterocycles. The summed E-state index contributed by atoms with van der Waals surface area (Å²) in [7, 11) is 0. The van der Waals surface area contributed by atoms with Crippen molar-refractivity contribution in [3.63, 3.8) is 0 Å². The van der Waals surface area contributed by atoms with E-state index in [1.165, 1.54) is 23.1 Å². The van der Waals surface area contributed by atoms with E-state index in [9.17, 15) is 4.39 Å². The minimum atomic E-state index is -0.253. The average molecular weight is 322 g/mol. The highest BCUT2D eigenvalue weighted by Gasteiger charge is 2.14. The van der Waals surface area contributed by atoms with E-state index in [4.69, 9.17) is 5.73 Å². The van der Waals surface area contributed by atoms with Crippen molar-refractivity contribution in [2.24, 2.45) is 0 Å². The first-order valence-electron chi connectivity index (χ1n) is 7.39. The molecule has 0 fully saturated rings. The van der Waals surface area contributed by atoms with Crippen LogP contribution in [0.25, 0.3) is 31.6 Å². The quantitative estimate of drug-likeness (QED) is 0.473. The van der Waals surface area contributed by atoms with Crippen LogP contribution in [0, 0.1) is 19.7 Å². The van der Waals surface area contributed by atoms with Crippen molar-refractivity contribution in [3.05, 3.63) is 59.4 Å². The first-order valence-corrected chi connectivity index (χ1v) is 8.20. The molecule has 1 heterocycles.